The largest absolute Gasteiger partial charge is 0.493 e. The third-order valence-corrected chi connectivity index (χ3v) is 2.00. The zero-order valence-electron chi connectivity index (χ0n) is 7.10. The monoisotopic (exact) mass is 220 g/mol. The van der Waals surface area contributed by atoms with Crippen molar-refractivity contribution in [3.05, 3.63) is 22.2 Å². The van der Waals surface area contributed by atoms with Crippen molar-refractivity contribution in [3.63, 3.8) is 0 Å². The Morgan fingerprint density at radius 3 is 2.69 bits per heavy atom. The molecule has 0 unspecified atom stereocenters. The van der Waals surface area contributed by atoms with Gasteiger partial charge < -0.3 is 15.8 Å². The van der Waals surface area contributed by atoms with E-state index in [0.29, 0.717) is 28.2 Å². The number of nitrogens with two attached hydrogens (primary N) is 1. The topological polar surface area (TPSA) is 47.3 Å². The first-order valence-corrected chi connectivity index (χ1v) is 4.41. The van der Waals surface area contributed by atoms with Crippen LogP contribution in [-0.4, -0.2) is 13.8 Å². The average Bonchev–Trinajstić information content (AvgIpc) is 2.04. The van der Waals surface area contributed by atoms with Crippen LogP contribution >= 0.6 is 23.2 Å². The maximum atomic E-state index is 5.88. The van der Waals surface area contributed by atoms with Crippen molar-refractivity contribution < 1.29 is 4.74 Å². The summed E-state index contributed by atoms with van der Waals surface area (Å²) < 4.78 is 5.08. The van der Waals surface area contributed by atoms with Crippen LogP contribution in [0.25, 0.3) is 0 Å². The molecule has 0 saturated heterocycles. The molecule has 0 spiro atoms. The quantitative estimate of drug-likeness (QED) is 0.770. The van der Waals surface area contributed by atoms with Gasteiger partial charge in [-0.2, -0.15) is 0 Å². The van der Waals surface area contributed by atoms with Gasteiger partial charge in [0.25, 0.3) is 0 Å². The van der Waals surface area contributed by atoms with Crippen molar-refractivity contribution in [2.45, 2.75) is 0 Å². The number of ether oxygens (including phenoxy) is 1. The van der Waals surface area contributed by atoms with E-state index in [0.717, 1.165) is 0 Å². The van der Waals surface area contributed by atoms with Crippen molar-refractivity contribution in [2.24, 2.45) is 5.73 Å². The molecule has 72 valence electrons. The summed E-state index contributed by atoms with van der Waals surface area (Å²) in [4.78, 5) is 0. The van der Waals surface area contributed by atoms with Crippen LogP contribution in [-0.2, 0) is 0 Å². The highest BCUT2D eigenvalue weighted by Crippen LogP contribution is 2.35. The van der Waals surface area contributed by atoms with Crippen LogP contribution in [0.4, 0.5) is 5.69 Å². The zero-order valence-corrected chi connectivity index (χ0v) is 8.62. The highest BCUT2D eigenvalue weighted by molar-refractivity contribution is 6.36. The minimum atomic E-state index is 0.299. The maximum Gasteiger partial charge on any atom is 0.160 e. The minimum absolute atomic E-state index is 0.299. The normalized spacial score (nSPS) is 9.85. The van der Waals surface area contributed by atoms with Gasteiger partial charge in [-0.15, -0.1) is 0 Å². The molecule has 0 aromatic heterocycles. The highest BCUT2D eigenvalue weighted by Gasteiger charge is 2.08. The van der Waals surface area contributed by atoms with Crippen LogP contribution < -0.4 is 15.8 Å². The van der Waals surface area contributed by atoms with E-state index in [1.807, 2.05) is 0 Å². The lowest BCUT2D eigenvalue weighted by molar-refractivity contribution is 0.416. The van der Waals surface area contributed by atoms with E-state index in [-0.39, 0.29) is 0 Å². The van der Waals surface area contributed by atoms with Gasteiger partial charge in [0, 0.05) is 5.02 Å². The molecule has 13 heavy (non-hydrogen) atoms. The second-order valence-corrected chi connectivity index (χ2v) is 3.19. The van der Waals surface area contributed by atoms with E-state index in [9.17, 15) is 0 Å². The standard InChI is InChI=1S/C8H10Cl2N2O/c1-13-8-6(10)2-5(9)3-7(8)12-4-11/h2-3,12H,4,11H2,1H3. The molecule has 0 aliphatic rings. The predicted octanol–water partition coefficient (Wildman–Crippen LogP) is 2.33. The smallest absolute Gasteiger partial charge is 0.160 e. The Labute approximate surface area is 86.8 Å². The summed E-state index contributed by atoms with van der Waals surface area (Å²) in [6.07, 6.45) is 0. The first kappa shape index (κ1) is 10.4. The number of halogens is 2. The Balaban J connectivity index is 3.13. The van der Waals surface area contributed by atoms with Gasteiger partial charge in [-0.25, -0.2) is 0 Å². The van der Waals surface area contributed by atoms with Crippen molar-refractivity contribution in [2.75, 3.05) is 19.1 Å². The summed E-state index contributed by atoms with van der Waals surface area (Å²) in [6.45, 7) is 0.299. The zero-order chi connectivity index (χ0) is 9.84. The van der Waals surface area contributed by atoms with Crippen molar-refractivity contribution in [3.8, 4) is 5.75 Å². The molecule has 0 fully saturated rings. The molecule has 0 aliphatic heterocycles. The summed E-state index contributed by atoms with van der Waals surface area (Å²) in [7, 11) is 1.54. The van der Waals surface area contributed by atoms with Gasteiger partial charge in [-0.05, 0) is 12.1 Å². The van der Waals surface area contributed by atoms with Gasteiger partial charge in [0.15, 0.2) is 5.75 Å². The Hall–Kier alpha value is -0.640. The van der Waals surface area contributed by atoms with Crippen molar-refractivity contribution in [1.82, 2.24) is 0 Å². The first-order chi connectivity index (χ1) is 6.19. The second-order valence-electron chi connectivity index (χ2n) is 2.35. The minimum Gasteiger partial charge on any atom is -0.493 e. The average molecular weight is 221 g/mol. The van der Waals surface area contributed by atoms with Gasteiger partial charge in [-0.1, -0.05) is 23.2 Å². The van der Waals surface area contributed by atoms with Crippen LogP contribution in [0, 0.1) is 0 Å². The third kappa shape index (κ3) is 2.40. The van der Waals surface area contributed by atoms with E-state index >= 15 is 0 Å². The molecule has 0 saturated carbocycles. The van der Waals surface area contributed by atoms with E-state index in [2.05, 4.69) is 5.32 Å². The predicted molar refractivity (Wildman–Crippen MR) is 55.7 cm³/mol. The fourth-order valence-electron chi connectivity index (χ4n) is 1.01. The van der Waals surface area contributed by atoms with E-state index in [1.54, 1.807) is 12.1 Å². The SMILES string of the molecule is COc1c(Cl)cc(Cl)cc1NCN. The molecule has 1 rings (SSSR count). The molecule has 5 heteroatoms. The van der Waals surface area contributed by atoms with Crippen molar-refractivity contribution in [1.29, 1.82) is 0 Å². The number of methoxy groups -OCH3 is 1. The molecular formula is C8H10Cl2N2O. The van der Waals surface area contributed by atoms with E-state index in [1.165, 1.54) is 7.11 Å². The lowest BCUT2D eigenvalue weighted by Crippen LogP contribution is -2.11. The van der Waals surface area contributed by atoms with Gasteiger partial charge in [0.05, 0.1) is 24.5 Å². The Morgan fingerprint density at radius 1 is 1.46 bits per heavy atom. The van der Waals surface area contributed by atoms with Crippen molar-refractivity contribution >= 4 is 28.9 Å². The summed E-state index contributed by atoms with van der Waals surface area (Å²) >= 11 is 11.7. The summed E-state index contributed by atoms with van der Waals surface area (Å²) in [5.74, 6) is 0.552. The lowest BCUT2D eigenvalue weighted by atomic mass is 10.3. The van der Waals surface area contributed by atoms with Gasteiger partial charge in [-0.3, -0.25) is 0 Å². The van der Waals surface area contributed by atoms with Crippen LogP contribution in [0.2, 0.25) is 10.0 Å². The lowest BCUT2D eigenvalue weighted by Gasteiger charge is -2.11. The maximum absolute atomic E-state index is 5.88. The molecule has 0 atom stereocenters. The molecule has 0 heterocycles. The van der Waals surface area contributed by atoms with Crippen LogP contribution in [0.1, 0.15) is 0 Å². The third-order valence-electron chi connectivity index (χ3n) is 1.51. The summed E-state index contributed by atoms with van der Waals surface area (Å²) in [5.41, 5.74) is 6.03. The highest BCUT2D eigenvalue weighted by atomic mass is 35.5. The molecule has 3 N–H and O–H groups in total. The molecule has 1 aromatic rings. The number of nitrogens with one attached hydrogen (secondary N) is 1. The number of hydrogen-bond acceptors (Lipinski definition) is 3. The number of rotatable bonds is 3. The van der Waals surface area contributed by atoms with E-state index < -0.39 is 0 Å². The molecule has 0 bridgehead atoms. The van der Waals surface area contributed by atoms with E-state index in [4.69, 9.17) is 33.7 Å². The Kier molecular flexibility index (Phi) is 3.66. The first-order valence-electron chi connectivity index (χ1n) is 3.66. The summed E-state index contributed by atoms with van der Waals surface area (Å²) in [5, 5.41) is 3.90. The molecule has 3 nitrogen and oxygen atoms in total. The Morgan fingerprint density at radius 2 is 2.15 bits per heavy atom. The van der Waals surface area contributed by atoms with Crippen LogP contribution in [0.3, 0.4) is 0 Å². The van der Waals surface area contributed by atoms with Crippen LogP contribution in [0.15, 0.2) is 12.1 Å². The molecule has 0 radical (unpaired) electrons. The molecule has 0 amide bonds. The second kappa shape index (κ2) is 4.56. The Bertz CT molecular complexity index is 304. The summed E-state index contributed by atoms with van der Waals surface area (Å²) in [6, 6.07) is 3.32. The fraction of sp³-hybridized carbons (Fsp3) is 0.250. The van der Waals surface area contributed by atoms with Crippen LogP contribution in [0.5, 0.6) is 5.75 Å². The molecule has 1 aromatic carbocycles. The van der Waals surface area contributed by atoms with Gasteiger partial charge in [0.2, 0.25) is 0 Å². The number of benzene rings is 1. The fourth-order valence-corrected chi connectivity index (χ4v) is 1.58. The molecule has 0 aliphatic carbocycles. The number of hydrogen-bond donors (Lipinski definition) is 2. The van der Waals surface area contributed by atoms with Gasteiger partial charge in [0.1, 0.15) is 0 Å². The molecular weight excluding hydrogens is 211 g/mol. The van der Waals surface area contributed by atoms with Gasteiger partial charge >= 0.3 is 0 Å². The number of anilines is 1.